The van der Waals surface area contributed by atoms with Crippen LogP contribution in [0, 0.1) is 0 Å². The van der Waals surface area contributed by atoms with E-state index in [0.29, 0.717) is 18.5 Å². The van der Waals surface area contributed by atoms with E-state index in [-0.39, 0.29) is 12.5 Å². The zero-order valence-corrected chi connectivity index (χ0v) is 16.2. The second kappa shape index (κ2) is 12.4. The summed E-state index contributed by atoms with van der Waals surface area (Å²) in [6.07, 6.45) is 8.55. The molecule has 142 valence electrons. The zero-order chi connectivity index (χ0) is 18.5. The van der Waals surface area contributed by atoms with Crippen LogP contribution in [-0.2, 0) is 11.2 Å². The fraction of sp³-hybridized carbons (Fsp3) is 0.684. The molecule has 6 heteroatoms. The minimum atomic E-state index is -0.0114. The van der Waals surface area contributed by atoms with Gasteiger partial charge in [0.25, 0.3) is 0 Å². The van der Waals surface area contributed by atoms with E-state index in [1.165, 1.54) is 25.7 Å². The van der Waals surface area contributed by atoms with Crippen LogP contribution in [0.15, 0.2) is 27.8 Å². The Morgan fingerprint density at radius 3 is 2.76 bits per heavy atom. The number of hydrogen-bond donors (Lipinski definition) is 2. The molecule has 0 saturated carbocycles. The molecule has 1 unspecified atom stereocenters. The van der Waals surface area contributed by atoms with Crippen molar-refractivity contribution in [2.24, 2.45) is 4.99 Å². The Labute approximate surface area is 152 Å². The average molecular weight is 351 g/mol. The van der Waals surface area contributed by atoms with Gasteiger partial charge in [0, 0.05) is 33.1 Å². The van der Waals surface area contributed by atoms with Crippen molar-refractivity contribution in [3.63, 3.8) is 0 Å². The zero-order valence-electron chi connectivity index (χ0n) is 16.2. The average Bonchev–Trinajstić information content (AvgIpc) is 3.09. The third-order valence-corrected chi connectivity index (χ3v) is 3.99. The second-order valence-electron chi connectivity index (χ2n) is 6.60. The predicted octanol–water partition coefficient (Wildman–Crippen LogP) is 2.80. The number of carbonyl (C=O) groups is 1. The number of rotatable bonds is 11. The number of nitrogens with zero attached hydrogens (tertiary/aromatic N) is 2. The van der Waals surface area contributed by atoms with E-state index in [2.05, 4.69) is 29.5 Å². The highest BCUT2D eigenvalue weighted by Crippen LogP contribution is 2.05. The van der Waals surface area contributed by atoms with E-state index in [4.69, 9.17) is 4.42 Å². The molecule has 0 saturated heterocycles. The van der Waals surface area contributed by atoms with Crippen LogP contribution in [0.2, 0.25) is 0 Å². The number of carbonyl (C=O) groups excluding carboxylic acids is 1. The summed E-state index contributed by atoms with van der Waals surface area (Å²) in [5.74, 6) is 1.61. The van der Waals surface area contributed by atoms with Crippen molar-refractivity contribution in [1.82, 2.24) is 15.5 Å². The van der Waals surface area contributed by atoms with Gasteiger partial charge in [-0.25, -0.2) is 4.99 Å². The van der Waals surface area contributed by atoms with Crippen molar-refractivity contribution in [3.8, 4) is 0 Å². The third kappa shape index (κ3) is 9.79. The predicted molar refractivity (Wildman–Crippen MR) is 103 cm³/mol. The minimum absolute atomic E-state index is 0.0114. The van der Waals surface area contributed by atoms with Crippen LogP contribution in [0.5, 0.6) is 0 Å². The summed E-state index contributed by atoms with van der Waals surface area (Å²) in [5.41, 5.74) is 0. The van der Waals surface area contributed by atoms with E-state index in [1.54, 1.807) is 25.3 Å². The Hall–Kier alpha value is -1.98. The van der Waals surface area contributed by atoms with Crippen LogP contribution >= 0.6 is 0 Å². The van der Waals surface area contributed by atoms with Gasteiger partial charge in [0.05, 0.1) is 6.26 Å². The summed E-state index contributed by atoms with van der Waals surface area (Å²) >= 11 is 0. The summed E-state index contributed by atoms with van der Waals surface area (Å²) in [6, 6.07) is 4.16. The number of unbranched alkanes of at least 4 members (excludes halogenated alkanes) is 3. The maximum atomic E-state index is 11.8. The van der Waals surface area contributed by atoms with E-state index in [0.717, 1.165) is 18.6 Å². The molecular formula is C19H34N4O2. The van der Waals surface area contributed by atoms with Crippen LogP contribution in [0.25, 0.3) is 0 Å². The maximum Gasteiger partial charge on any atom is 0.243 e. The van der Waals surface area contributed by atoms with Crippen LogP contribution in [-0.4, -0.2) is 50.0 Å². The third-order valence-electron chi connectivity index (χ3n) is 3.99. The van der Waals surface area contributed by atoms with Crippen molar-refractivity contribution in [2.45, 2.75) is 58.4 Å². The van der Waals surface area contributed by atoms with E-state index >= 15 is 0 Å². The van der Waals surface area contributed by atoms with Crippen LogP contribution in [0.3, 0.4) is 0 Å². The molecule has 1 rings (SSSR count). The molecule has 0 aliphatic carbocycles. The lowest BCUT2D eigenvalue weighted by molar-refractivity contribution is -0.127. The van der Waals surface area contributed by atoms with Gasteiger partial charge < -0.3 is 20.0 Å². The van der Waals surface area contributed by atoms with Crippen LogP contribution in [0.4, 0.5) is 0 Å². The lowest BCUT2D eigenvalue weighted by Crippen LogP contribution is -2.43. The van der Waals surface area contributed by atoms with Crippen molar-refractivity contribution in [3.05, 3.63) is 24.2 Å². The first kappa shape index (κ1) is 21.1. The quantitative estimate of drug-likeness (QED) is 0.366. The van der Waals surface area contributed by atoms with Crippen molar-refractivity contribution in [1.29, 1.82) is 0 Å². The number of likely N-dealkylation sites (N-methyl/N-ethyl adjacent to an activating group) is 1. The Bertz CT molecular complexity index is 498. The fourth-order valence-corrected chi connectivity index (χ4v) is 2.38. The molecule has 1 atom stereocenters. The Kier molecular flexibility index (Phi) is 10.4. The molecule has 0 bridgehead atoms. The van der Waals surface area contributed by atoms with Gasteiger partial charge in [0.15, 0.2) is 5.96 Å². The molecule has 1 heterocycles. The van der Waals surface area contributed by atoms with Crippen LogP contribution in [0.1, 0.15) is 51.7 Å². The molecule has 1 amide bonds. The lowest BCUT2D eigenvalue weighted by atomic mass is 10.1. The smallest absolute Gasteiger partial charge is 0.243 e. The van der Waals surface area contributed by atoms with Gasteiger partial charge in [-0.2, -0.15) is 0 Å². The molecule has 6 nitrogen and oxygen atoms in total. The topological polar surface area (TPSA) is 69.9 Å². The fourth-order valence-electron chi connectivity index (χ4n) is 2.38. The minimum Gasteiger partial charge on any atom is -0.469 e. The molecule has 1 aromatic rings. The summed E-state index contributed by atoms with van der Waals surface area (Å²) < 4.78 is 5.34. The SMILES string of the molecule is CCCCCCC(C)NC(=NCC(=O)N(C)C)NCCc1ccco1. The first-order valence-corrected chi connectivity index (χ1v) is 9.30. The Morgan fingerprint density at radius 2 is 2.12 bits per heavy atom. The summed E-state index contributed by atoms with van der Waals surface area (Å²) in [5, 5.41) is 6.70. The second-order valence-corrected chi connectivity index (χ2v) is 6.60. The summed E-state index contributed by atoms with van der Waals surface area (Å²) in [4.78, 5) is 17.8. The number of guanidine groups is 1. The van der Waals surface area contributed by atoms with E-state index in [1.807, 2.05) is 12.1 Å². The normalized spacial score (nSPS) is 12.7. The molecule has 0 aliphatic rings. The Balaban J connectivity index is 2.47. The number of nitrogens with one attached hydrogen (secondary N) is 2. The standard InChI is InChI=1S/C19H34N4O2/c1-5-6-7-8-10-16(2)22-19(21-15-18(24)23(3)4)20-13-12-17-11-9-14-25-17/h9,11,14,16H,5-8,10,12-13,15H2,1-4H3,(H2,20,21,22). The van der Waals surface area contributed by atoms with Gasteiger partial charge in [0.1, 0.15) is 12.3 Å². The molecule has 2 N–H and O–H groups in total. The number of aliphatic imine (C=N–C) groups is 1. The van der Waals surface area contributed by atoms with Gasteiger partial charge >= 0.3 is 0 Å². The van der Waals surface area contributed by atoms with Gasteiger partial charge in [-0.05, 0) is 25.5 Å². The van der Waals surface area contributed by atoms with Crippen molar-refractivity contribution >= 4 is 11.9 Å². The highest BCUT2D eigenvalue weighted by atomic mass is 16.3. The lowest BCUT2D eigenvalue weighted by Gasteiger charge is -2.18. The molecule has 0 aliphatic heterocycles. The molecular weight excluding hydrogens is 316 g/mol. The highest BCUT2D eigenvalue weighted by Gasteiger charge is 2.08. The highest BCUT2D eigenvalue weighted by molar-refractivity contribution is 5.84. The molecule has 25 heavy (non-hydrogen) atoms. The number of amides is 1. The Morgan fingerprint density at radius 1 is 1.32 bits per heavy atom. The molecule has 1 aromatic heterocycles. The first-order valence-electron chi connectivity index (χ1n) is 9.30. The number of hydrogen-bond acceptors (Lipinski definition) is 3. The largest absolute Gasteiger partial charge is 0.469 e. The van der Waals surface area contributed by atoms with Crippen LogP contribution < -0.4 is 10.6 Å². The first-order chi connectivity index (χ1) is 12.0. The van der Waals surface area contributed by atoms with Gasteiger partial charge in [-0.15, -0.1) is 0 Å². The molecule has 0 radical (unpaired) electrons. The molecule has 0 spiro atoms. The molecule has 0 fully saturated rings. The van der Waals surface area contributed by atoms with E-state index < -0.39 is 0 Å². The summed E-state index contributed by atoms with van der Waals surface area (Å²) in [6.45, 7) is 5.23. The number of furan rings is 1. The van der Waals surface area contributed by atoms with Gasteiger partial charge in [0.2, 0.25) is 5.91 Å². The van der Waals surface area contributed by atoms with Crippen molar-refractivity contribution in [2.75, 3.05) is 27.2 Å². The summed E-state index contributed by atoms with van der Waals surface area (Å²) in [7, 11) is 3.48. The molecule has 0 aromatic carbocycles. The maximum absolute atomic E-state index is 11.8. The monoisotopic (exact) mass is 350 g/mol. The van der Waals surface area contributed by atoms with E-state index in [9.17, 15) is 4.79 Å². The van der Waals surface area contributed by atoms with Crippen molar-refractivity contribution < 1.29 is 9.21 Å². The van der Waals surface area contributed by atoms with Gasteiger partial charge in [-0.3, -0.25) is 4.79 Å². The van der Waals surface area contributed by atoms with Gasteiger partial charge in [-0.1, -0.05) is 32.6 Å².